The van der Waals surface area contributed by atoms with Crippen LogP contribution >= 0.6 is 27.5 Å². The fourth-order valence-corrected chi connectivity index (χ4v) is 2.14. The Morgan fingerprint density at radius 1 is 1.31 bits per heavy atom. The largest absolute Gasteiger partial charge is 0.342 e. The van der Waals surface area contributed by atoms with Gasteiger partial charge in [0, 0.05) is 5.69 Å². The first-order chi connectivity index (χ1) is 6.09. The lowest BCUT2D eigenvalue weighted by Gasteiger charge is -1.95. The van der Waals surface area contributed by atoms with Crippen molar-refractivity contribution in [3.63, 3.8) is 0 Å². The Morgan fingerprint density at radius 3 is 2.69 bits per heavy atom. The lowest BCUT2D eigenvalue weighted by atomic mass is 10.4. The van der Waals surface area contributed by atoms with E-state index in [2.05, 4.69) is 30.9 Å². The minimum absolute atomic E-state index is 0.485. The van der Waals surface area contributed by atoms with Gasteiger partial charge in [0.2, 0.25) is 0 Å². The Labute approximate surface area is 88.7 Å². The summed E-state index contributed by atoms with van der Waals surface area (Å²) in [7, 11) is 0. The lowest BCUT2D eigenvalue weighted by Crippen LogP contribution is -1.88. The molecular formula is C8H7BrClN3. The summed E-state index contributed by atoms with van der Waals surface area (Å²) in [4.78, 5) is 11.4. The standard InChI is InChI=1S/C8H7BrClN3/c1-3-6(9)5-7(10)12-4(2)13-8(5)11-3/h1-2H3,(H,11,12,13). The van der Waals surface area contributed by atoms with Crippen molar-refractivity contribution in [2.45, 2.75) is 13.8 Å². The van der Waals surface area contributed by atoms with Crippen molar-refractivity contribution >= 4 is 38.6 Å². The smallest absolute Gasteiger partial charge is 0.143 e. The molecule has 68 valence electrons. The minimum atomic E-state index is 0.485. The molecular weight excluding hydrogens is 253 g/mol. The number of hydrogen-bond acceptors (Lipinski definition) is 2. The molecule has 5 heteroatoms. The van der Waals surface area contributed by atoms with Crippen molar-refractivity contribution in [2.24, 2.45) is 0 Å². The second-order valence-corrected chi connectivity index (χ2v) is 4.00. The van der Waals surface area contributed by atoms with Crippen LogP contribution in [0.3, 0.4) is 0 Å². The second-order valence-electron chi connectivity index (χ2n) is 2.85. The van der Waals surface area contributed by atoms with E-state index in [4.69, 9.17) is 11.6 Å². The van der Waals surface area contributed by atoms with Gasteiger partial charge in [0.25, 0.3) is 0 Å². The molecule has 2 rings (SSSR count). The maximum atomic E-state index is 5.98. The van der Waals surface area contributed by atoms with Crippen molar-refractivity contribution in [3.8, 4) is 0 Å². The molecule has 0 aliphatic heterocycles. The summed E-state index contributed by atoms with van der Waals surface area (Å²) in [6, 6.07) is 0. The zero-order chi connectivity index (χ0) is 9.59. The van der Waals surface area contributed by atoms with E-state index in [9.17, 15) is 0 Å². The average molecular weight is 261 g/mol. The molecule has 0 bridgehead atoms. The van der Waals surface area contributed by atoms with E-state index in [0.29, 0.717) is 11.0 Å². The fourth-order valence-electron chi connectivity index (χ4n) is 1.24. The zero-order valence-corrected chi connectivity index (χ0v) is 9.49. The third-order valence-electron chi connectivity index (χ3n) is 1.83. The number of aromatic nitrogens is 3. The summed E-state index contributed by atoms with van der Waals surface area (Å²) in [5.74, 6) is 0.672. The number of H-pyrrole nitrogens is 1. The summed E-state index contributed by atoms with van der Waals surface area (Å²) in [5.41, 5.74) is 1.79. The summed E-state index contributed by atoms with van der Waals surface area (Å²) < 4.78 is 0.938. The first-order valence-corrected chi connectivity index (χ1v) is 4.94. The van der Waals surface area contributed by atoms with Gasteiger partial charge in [0.1, 0.15) is 16.6 Å². The Balaban J connectivity index is 2.94. The molecule has 0 saturated heterocycles. The lowest BCUT2D eigenvalue weighted by molar-refractivity contribution is 1.08. The molecule has 0 radical (unpaired) electrons. The number of rotatable bonds is 0. The molecule has 0 amide bonds. The Hall–Kier alpha value is -0.610. The highest BCUT2D eigenvalue weighted by atomic mass is 79.9. The minimum Gasteiger partial charge on any atom is -0.342 e. The fraction of sp³-hybridized carbons (Fsp3) is 0.250. The molecule has 0 aliphatic carbocycles. The summed E-state index contributed by atoms with van der Waals surface area (Å²) in [6.45, 7) is 3.77. The molecule has 2 aromatic heterocycles. The molecule has 2 heterocycles. The van der Waals surface area contributed by atoms with Gasteiger partial charge >= 0.3 is 0 Å². The number of aryl methyl sites for hydroxylation is 2. The average Bonchev–Trinajstić information content (AvgIpc) is 2.27. The van der Waals surface area contributed by atoms with E-state index in [1.165, 1.54) is 0 Å². The molecule has 0 atom stereocenters. The Morgan fingerprint density at radius 2 is 2.00 bits per heavy atom. The maximum Gasteiger partial charge on any atom is 0.143 e. The predicted octanol–water partition coefficient (Wildman–Crippen LogP) is 2.99. The van der Waals surface area contributed by atoms with E-state index in [1.54, 1.807) is 0 Å². The predicted molar refractivity (Wildman–Crippen MR) is 56.1 cm³/mol. The third-order valence-corrected chi connectivity index (χ3v) is 3.10. The summed E-state index contributed by atoms with van der Waals surface area (Å²) in [6.07, 6.45) is 0. The first-order valence-electron chi connectivity index (χ1n) is 3.77. The number of aromatic amines is 1. The maximum absolute atomic E-state index is 5.98. The molecule has 1 N–H and O–H groups in total. The third kappa shape index (κ3) is 1.34. The van der Waals surface area contributed by atoms with Crippen LogP contribution < -0.4 is 0 Å². The molecule has 0 aromatic carbocycles. The molecule has 0 fully saturated rings. The van der Waals surface area contributed by atoms with Gasteiger partial charge in [0.15, 0.2) is 0 Å². The zero-order valence-electron chi connectivity index (χ0n) is 7.15. The van der Waals surface area contributed by atoms with E-state index >= 15 is 0 Å². The SMILES string of the molecule is Cc1nc(Cl)c2c(Br)c(C)[nH]c2n1. The van der Waals surface area contributed by atoms with Gasteiger partial charge in [0.05, 0.1) is 9.86 Å². The molecule has 2 aromatic rings. The Bertz CT molecular complexity index is 478. The number of nitrogens with zero attached hydrogens (tertiary/aromatic N) is 2. The topological polar surface area (TPSA) is 41.6 Å². The highest BCUT2D eigenvalue weighted by Gasteiger charge is 2.11. The highest BCUT2D eigenvalue weighted by Crippen LogP contribution is 2.30. The van der Waals surface area contributed by atoms with Crippen LogP contribution in [-0.2, 0) is 0 Å². The number of fused-ring (bicyclic) bond motifs is 1. The number of halogens is 2. The van der Waals surface area contributed by atoms with Crippen LogP contribution in [0.15, 0.2) is 4.47 Å². The number of nitrogens with one attached hydrogen (secondary N) is 1. The van der Waals surface area contributed by atoms with Crippen LogP contribution in [0, 0.1) is 13.8 Å². The van der Waals surface area contributed by atoms with Crippen molar-refractivity contribution in [1.82, 2.24) is 15.0 Å². The van der Waals surface area contributed by atoms with E-state index in [1.807, 2.05) is 13.8 Å². The van der Waals surface area contributed by atoms with Crippen LogP contribution in [0.4, 0.5) is 0 Å². The molecule has 0 spiro atoms. The van der Waals surface area contributed by atoms with Crippen molar-refractivity contribution in [1.29, 1.82) is 0 Å². The van der Waals surface area contributed by atoms with Crippen LogP contribution in [-0.4, -0.2) is 15.0 Å². The van der Waals surface area contributed by atoms with Gasteiger partial charge in [-0.1, -0.05) is 11.6 Å². The number of hydrogen-bond donors (Lipinski definition) is 1. The van der Waals surface area contributed by atoms with Crippen LogP contribution in [0.5, 0.6) is 0 Å². The van der Waals surface area contributed by atoms with Gasteiger partial charge < -0.3 is 4.98 Å². The molecule has 3 nitrogen and oxygen atoms in total. The van der Waals surface area contributed by atoms with E-state index in [0.717, 1.165) is 21.2 Å². The van der Waals surface area contributed by atoms with Crippen LogP contribution in [0.2, 0.25) is 5.15 Å². The molecule has 0 aliphatic rings. The van der Waals surface area contributed by atoms with E-state index in [-0.39, 0.29) is 0 Å². The van der Waals surface area contributed by atoms with Gasteiger partial charge in [-0.05, 0) is 29.8 Å². The van der Waals surface area contributed by atoms with Gasteiger partial charge in [-0.2, -0.15) is 0 Å². The Kier molecular flexibility index (Phi) is 2.04. The molecule has 13 heavy (non-hydrogen) atoms. The monoisotopic (exact) mass is 259 g/mol. The van der Waals surface area contributed by atoms with Crippen LogP contribution in [0.25, 0.3) is 11.0 Å². The quantitative estimate of drug-likeness (QED) is 0.740. The molecule has 0 saturated carbocycles. The van der Waals surface area contributed by atoms with Gasteiger partial charge in [-0.3, -0.25) is 0 Å². The summed E-state index contributed by atoms with van der Waals surface area (Å²) in [5, 5.41) is 1.34. The summed E-state index contributed by atoms with van der Waals surface area (Å²) >= 11 is 9.41. The van der Waals surface area contributed by atoms with Crippen molar-refractivity contribution in [3.05, 3.63) is 21.1 Å². The second kappa shape index (κ2) is 2.96. The first kappa shape index (κ1) is 8.97. The van der Waals surface area contributed by atoms with Crippen molar-refractivity contribution < 1.29 is 0 Å². The van der Waals surface area contributed by atoms with Crippen molar-refractivity contribution in [2.75, 3.05) is 0 Å². The van der Waals surface area contributed by atoms with Crippen LogP contribution in [0.1, 0.15) is 11.5 Å². The van der Waals surface area contributed by atoms with Gasteiger partial charge in [-0.15, -0.1) is 0 Å². The molecule has 0 unspecified atom stereocenters. The van der Waals surface area contributed by atoms with E-state index < -0.39 is 0 Å². The van der Waals surface area contributed by atoms with Gasteiger partial charge in [-0.25, -0.2) is 9.97 Å². The normalized spacial score (nSPS) is 11.1. The highest BCUT2D eigenvalue weighted by molar-refractivity contribution is 9.10.